The molecule has 2 aromatic rings. The zero-order valence-corrected chi connectivity index (χ0v) is 17.7. The first kappa shape index (κ1) is 19.7. The minimum absolute atomic E-state index is 0.00288. The van der Waals surface area contributed by atoms with Crippen LogP contribution in [0.1, 0.15) is 42.8 Å². The molecule has 2 atom stereocenters. The summed E-state index contributed by atoms with van der Waals surface area (Å²) in [6.07, 6.45) is 2.68. The van der Waals surface area contributed by atoms with Gasteiger partial charge < -0.3 is 14.1 Å². The summed E-state index contributed by atoms with van der Waals surface area (Å²) >= 11 is 6.09. The average Bonchev–Trinajstić information content (AvgIpc) is 2.97. The van der Waals surface area contributed by atoms with Gasteiger partial charge in [0, 0.05) is 48.7 Å². The number of nitrogens with zero attached hydrogens (tertiary/aromatic N) is 2. The van der Waals surface area contributed by atoms with Crippen molar-refractivity contribution in [1.82, 2.24) is 9.80 Å². The molecule has 28 heavy (non-hydrogen) atoms. The molecule has 6 heteroatoms. The topological polar surface area (TPSA) is 45.9 Å². The molecule has 2 fully saturated rings. The van der Waals surface area contributed by atoms with E-state index in [0.29, 0.717) is 28.9 Å². The highest BCUT2D eigenvalue weighted by atomic mass is 35.5. The average molecular weight is 405 g/mol. The van der Waals surface area contributed by atoms with E-state index >= 15 is 0 Å². The smallest absolute Gasteiger partial charge is 0.289 e. The van der Waals surface area contributed by atoms with Gasteiger partial charge in [0.1, 0.15) is 5.58 Å². The summed E-state index contributed by atoms with van der Waals surface area (Å²) in [5.74, 6) is 1.08. The number of morpholine rings is 1. The Hall–Kier alpha value is -1.56. The number of carbonyl (C=O) groups is 1. The SMILES string of the molecule is Cc1c(C(=O)N2CCC(CN3CC(C)OC(C)C3)CC2)oc2ccc(Cl)cc12. The number of halogens is 1. The second-order valence-electron chi connectivity index (χ2n) is 8.41. The number of ether oxygens (including phenoxy) is 1. The van der Waals surface area contributed by atoms with E-state index in [2.05, 4.69) is 18.7 Å². The Labute approximate surface area is 171 Å². The van der Waals surface area contributed by atoms with Crippen LogP contribution in [0.15, 0.2) is 22.6 Å². The van der Waals surface area contributed by atoms with Gasteiger partial charge in [0.2, 0.25) is 0 Å². The minimum Gasteiger partial charge on any atom is -0.451 e. The van der Waals surface area contributed by atoms with Gasteiger partial charge in [0.15, 0.2) is 5.76 Å². The molecule has 0 N–H and O–H groups in total. The maximum Gasteiger partial charge on any atom is 0.289 e. The third-order valence-corrected chi connectivity index (χ3v) is 6.24. The molecule has 152 valence electrons. The monoisotopic (exact) mass is 404 g/mol. The Morgan fingerprint density at radius 2 is 1.86 bits per heavy atom. The van der Waals surface area contributed by atoms with Crippen LogP contribution < -0.4 is 0 Å². The fourth-order valence-electron chi connectivity index (χ4n) is 4.66. The van der Waals surface area contributed by atoms with Crippen molar-refractivity contribution in [2.75, 3.05) is 32.7 Å². The second kappa shape index (κ2) is 8.05. The normalized spacial score (nSPS) is 24.8. The Morgan fingerprint density at radius 3 is 2.54 bits per heavy atom. The number of fused-ring (bicyclic) bond motifs is 1. The summed E-state index contributed by atoms with van der Waals surface area (Å²) in [7, 11) is 0. The van der Waals surface area contributed by atoms with E-state index in [-0.39, 0.29) is 5.91 Å². The number of amides is 1. The van der Waals surface area contributed by atoms with Crippen LogP contribution in [-0.4, -0.2) is 60.6 Å². The number of hydrogen-bond donors (Lipinski definition) is 0. The lowest BCUT2D eigenvalue weighted by molar-refractivity contribution is -0.0729. The molecular formula is C22H29ClN2O3. The fourth-order valence-corrected chi connectivity index (χ4v) is 4.83. The molecule has 0 aliphatic carbocycles. The number of aryl methyl sites for hydroxylation is 1. The molecule has 0 bridgehead atoms. The number of rotatable bonds is 3. The van der Waals surface area contributed by atoms with Gasteiger partial charge in [0.05, 0.1) is 12.2 Å². The Kier molecular flexibility index (Phi) is 5.68. The summed E-state index contributed by atoms with van der Waals surface area (Å²) in [6, 6.07) is 5.49. The van der Waals surface area contributed by atoms with Crippen molar-refractivity contribution in [3.63, 3.8) is 0 Å². The molecule has 5 nitrogen and oxygen atoms in total. The summed E-state index contributed by atoms with van der Waals surface area (Å²) in [4.78, 5) is 17.5. The lowest BCUT2D eigenvalue weighted by atomic mass is 9.95. The zero-order chi connectivity index (χ0) is 19.8. The van der Waals surface area contributed by atoms with Gasteiger partial charge in [-0.15, -0.1) is 0 Å². The predicted octanol–water partition coefficient (Wildman–Crippen LogP) is 4.36. The minimum atomic E-state index is -0.00288. The molecule has 1 amide bonds. The van der Waals surface area contributed by atoms with Gasteiger partial charge in [-0.3, -0.25) is 9.69 Å². The molecule has 2 saturated heterocycles. The molecule has 4 rings (SSSR count). The van der Waals surface area contributed by atoms with Crippen molar-refractivity contribution in [1.29, 1.82) is 0 Å². The van der Waals surface area contributed by atoms with Crippen molar-refractivity contribution < 1.29 is 13.9 Å². The van der Waals surface area contributed by atoms with Crippen molar-refractivity contribution in [2.24, 2.45) is 5.92 Å². The largest absolute Gasteiger partial charge is 0.451 e. The van der Waals surface area contributed by atoms with Gasteiger partial charge in [-0.05, 0) is 57.7 Å². The highest BCUT2D eigenvalue weighted by Gasteiger charge is 2.30. The number of benzene rings is 1. The number of likely N-dealkylation sites (tertiary alicyclic amines) is 1. The molecule has 3 heterocycles. The summed E-state index contributed by atoms with van der Waals surface area (Å²) in [5.41, 5.74) is 1.59. The van der Waals surface area contributed by atoms with Crippen LogP contribution in [0.2, 0.25) is 5.02 Å². The van der Waals surface area contributed by atoms with Crippen molar-refractivity contribution in [3.05, 3.63) is 34.5 Å². The number of carbonyl (C=O) groups excluding carboxylic acids is 1. The van der Waals surface area contributed by atoms with Gasteiger partial charge >= 0.3 is 0 Å². The zero-order valence-electron chi connectivity index (χ0n) is 16.9. The first-order valence-electron chi connectivity index (χ1n) is 10.3. The van der Waals surface area contributed by atoms with E-state index in [1.54, 1.807) is 6.07 Å². The quantitative estimate of drug-likeness (QED) is 0.762. The maximum atomic E-state index is 13.0. The Morgan fingerprint density at radius 1 is 1.18 bits per heavy atom. The lowest BCUT2D eigenvalue weighted by Gasteiger charge is -2.39. The second-order valence-corrected chi connectivity index (χ2v) is 8.84. The first-order chi connectivity index (χ1) is 13.4. The van der Waals surface area contributed by atoms with Crippen molar-refractivity contribution >= 4 is 28.5 Å². The molecule has 1 aromatic carbocycles. The summed E-state index contributed by atoms with van der Waals surface area (Å²) in [6.45, 7) is 10.9. The van der Waals surface area contributed by atoms with Gasteiger partial charge in [-0.1, -0.05) is 11.6 Å². The van der Waals surface area contributed by atoms with Crippen LogP contribution in [0.25, 0.3) is 11.0 Å². The molecule has 0 spiro atoms. The molecule has 0 radical (unpaired) electrons. The van der Waals surface area contributed by atoms with Gasteiger partial charge in [-0.25, -0.2) is 0 Å². The molecule has 0 saturated carbocycles. The maximum absolute atomic E-state index is 13.0. The van der Waals surface area contributed by atoms with E-state index in [1.165, 1.54) is 0 Å². The van der Waals surface area contributed by atoms with Crippen molar-refractivity contribution in [3.8, 4) is 0 Å². The number of hydrogen-bond acceptors (Lipinski definition) is 4. The van der Waals surface area contributed by atoms with E-state index in [1.807, 2.05) is 24.0 Å². The first-order valence-corrected chi connectivity index (χ1v) is 10.6. The van der Waals surface area contributed by atoms with Crippen LogP contribution in [0.3, 0.4) is 0 Å². The third-order valence-electron chi connectivity index (χ3n) is 6.01. The number of furan rings is 1. The fraction of sp³-hybridized carbons (Fsp3) is 0.591. The molecule has 2 aliphatic heterocycles. The molecule has 2 unspecified atom stereocenters. The van der Waals surface area contributed by atoms with Crippen LogP contribution in [0.5, 0.6) is 0 Å². The number of piperidine rings is 1. The molecule has 1 aromatic heterocycles. The van der Waals surface area contributed by atoms with E-state index < -0.39 is 0 Å². The van der Waals surface area contributed by atoms with Crippen LogP contribution in [0, 0.1) is 12.8 Å². The predicted molar refractivity (Wildman–Crippen MR) is 111 cm³/mol. The molecular weight excluding hydrogens is 376 g/mol. The Balaban J connectivity index is 1.37. The van der Waals surface area contributed by atoms with E-state index in [4.69, 9.17) is 20.8 Å². The summed E-state index contributed by atoms with van der Waals surface area (Å²) in [5, 5.41) is 1.57. The summed E-state index contributed by atoms with van der Waals surface area (Å²) < 4.78 is 11.7. The standard InChI is InChI=1S/C22H29ClN2O3/c1-14-11-24(12-15(2)27-14)13-17-6-8-25(9-7-17)22(26)21-16(3)19-10-18(23)4-5-20(19)28-21/h4-5,10,14-15,17H,6-9,11-13H2,1-3H3. The van der Waals surface area contributed by atoms with Crippen LogP contribution in [-0.2, 0) is 4.74 Å². The highest BCUT2D eigenvalue weighted by Crippen LogP contribution is 2.30. The molecule has 2 aliphatic rings. The third kappa shape index (κ3) is 4.07. The van der Waals surface area contributed by atoms with Crippen LogP contribution >= 0.6 is 11.6 Å². The van der Waals surface area contributed by atoms with Crippen molar-refractivity contribution in [2.45, 2.75) is 45.8 Å². The Bertz CT molecular complexity index is 847. The van der Waals surface area contributed by atoms with E-state index in [0.717, 1.165) is 62.1 Å². The lowest BCUT2D eigenvalue weighted by Crippen LogP contribution is -2.48. The van der Waals surface area contributed by atoms with Gasteiger partial charge in [0.25, 0.3) is 5.91 Å². The van der Waals surface area contributed by atoms with Crippen LogP contribution in [0.4, 0.5) is 0 Å². The van der Waals surface area contributed by atoms with E-state index in [9.17, 15) is 4.79 Å². The van der Waals surface area contributed by atoms with Gasteiger partial charge in [-0.2, -0.15) is 0 Å². The highest BCUT2D eigenvalue weighted by molar-refractivity contribution is 6.31.